The van der Waals surface area contributed by atoms with E-state index >= 15 is 0 Å². The fourth-order valence-corrected chi connectivity index (χ4v) is 1.96. The standard InChI is InChI=1S/C8H12BrN3/c9-8-6(3-4-10)5-11-12(8)7-1-2-7/h5,7H,1-4,10H2. The third-order valence-corrected chi connectivity index (χ3v) is 2.98. The van der Waals surface area contributed by atoms with E-state index in [4.69, 9.17) is 5.73 Å². The number of aromatic nitrogens is 2. The van der Waals surface area contributed by atoms with Crippen LogP contribution in [-0.4, -0.2) is 16.3 Å². The highest BCUT2D eigenvalue weighted by atomic mass is 79.9. The van der Waals surface area contributed by atoms with Crippen LogP contribution in [0.5, 0.6) is 0 Å². The summed E-state index contributed by atoms with van der Waals surface area (Å²) in [6.07, 6.45) is 5.35. The summed E-state index contributed by atoms with van der Waals surface area (Å²) in [5.41, 5.74) is 6.70. The van der Waals surface area contributed by atoms with Gasteiger partial charge < -0.3 is 5.73 Å². The molecule has 66 valence electrons. The van der Waals surface area contributed by atoms with Gasteiger partial charge in [-0.2, -0.15) is 5.10 Å². The van der Waals surface area contributed by atoms with Crippen LogP contribution in [0.3, 0.4) is 0 Å². The van der Waals surface area contributed by atoms with Crippen molar-refractivity contribution in [2.24, 2.45) is 5.73 Å². The van der Waals surface area contributed by atoms with E-state index in [0.29, 0.717) is 12.6 Å². The Kier molecular flexibility index (Phi) is 2.19. The maximum Gasteiger partial charge on any atom is 0.107 e. The summed E-state index contributed by atoms with van der Waals surface area (Å²) < 4.78 is 3.18. The third kappa shape index (κ3) is 1.41. The molecule has 0 aliphatic heterocycles. The number of nitrogens with zero attached hydrogens (tertiary/aromatic N) is 2. The Bertz CT molecular complexity index is 278. The van der Waals surface area contributed by atoms with Gasteiger partial charge in [-0.25, -0.2) is 0 Å². The molecule has 0 amide bonds. The molecule has 1 fully saturated rings. The van der Waals surface area contributed by atoms with Gasteiger partial charge in [0.15, 0.2) is 0 Å². The van der Waals surface area contributed by atoms with E-state index in [1.54, 1.807) is 0 Å². The molecule has 1 aromatic rings. The molecular weight excluding hydrogens is 218 g/mol. The van der Waals surface area contributed by atoms with Gasteiger partial charge >= 0.3 is 0 Å². The Morgan fingerprint density at radius 3 is 3.00 bits per heavy atom. The predicted octanol–water partition coefficient (Wildman–Crippen LogP) is 1.48. The first-order valence-corrected chi connectivity index (χ1v) is 5.04. The minimum absolute atomic E-state index is 0.644. The smallest absolute Gasteiger partial charge is 0.107 e. The Morgan fingerprint density at radius 2 is 2.42 bits per heavy atom. The molecule has 1 aliphatic carbocycles. The molecule has 0 radical (unpaired) electrons. The van der Waals surface area contributed by atoms with E-state index in [1.165, 1.54) is 18.4 Å². The zero-order valence-electron chi connectivity index (χ0n) is 6.83. The van der Waals surface area contributed by atoms with Crippen LogP contribution in [0, 0.1) is 0 Å². The van der Waals surface area contributed by atoms with Crippen molar-refractivity contribution in [1.29, 1.82) is 0 Å². The molecule has 0 unspecified atom stereocenters. The van der Waals surface area contributed by atoms with Crippen LogP contribution >= 0.6 is 15.9 Å². The highest BCUT2D eigenvalue weighted by molar-refractivity contribution is 9.10. The Morgan fingerprint density at radius 1 is 1.67 bits per heavy atom. The van der Waals surface area contributed by atoms with Gasteiger partial charge in [-0.1, -0.05) is 0 Å². The zero-order valence-corrected chi connectivity index (χ0v) is 8.42. The van der Waals surface area contributed by atoms with Gasteiger partial charge in [-0.05, 0) is 41.7 Å². The summed E-state index contributed by atoms with van der Waals surface area (Å²) in [5, 5.41) is 4.31. The van der Waals surface area contributed by atoms with Gasteiger partial charge in [-0.3, -0.25) is 4.68 Å². The fraction of sp³-hybridized carbons (Fsp3) is 0.625. The summed E-state index contributed by atoms with van der Waals surface area (Å²) in [6, 6.07) is 0.644. The van der Waals surface area contributed by atoms with Crippen molar-refractivity contribution < 1.29 is 0 Å². The topological polar surface area (TPSA) is 43.8 Å². The van der Waals surface area contributed by atoms with Crippen LogP contribution in [0.2, 0.25) is 0 Å². The van der Waals surface area contributed by atoms with Crippen molar-refractivity contribution >= 4 is 15.9 Å². The number of hydrogen-bond donors (Lipinski definition) is 1. The largest absolute Gasteiger partial charge is 0.330 e. The quantitative estimate of drug-likeness (QED) is 0.854. The molecule has 0 atom stereocenters. The highest BCUT2D eigenvalue weighted by Crippen LogP contribution is 2.37. The Hall–Kier alpha value is -0.350. The number of rotatable bonds is 3. The molecule has 12 heavy (non-hydrogen) atoms. The van der Waals surface area contributed by atoms with Crippen LogP contribution in [0.25, 0.3) is 0 Å². The number of nitrogens with two attached hydrogens (primary N) is 1. The lowest BCUT2D eigenvalue weighted by atomic mass is 10.3. The minimum Gasteiger partial charge on any atom is -0.330 e. The van der Waals surface area contributed by atoms with Gasteiger partial charge in [-0.15, -0.1) is 0 Å². The maximum absolute atomic E-state index is 5.47. The van der Waals surface area contributed by atoms with Gasteiger partial charge in [0.25, 0.3) is 0 Å². The van der Waals surface area contributed by atoms with Crippen molar-refractivity contribution in [2.75, 3.05) is 6.54 Å². The molecular formula is C8H12BrN3. The SMILES string of the molecule is NCCc1cnn(C2CC2)c1Br. The fourth-order valence-electron chi connectivity index (χ4n) is 1.28. The molecule has 3 nitrogen and oxygen atoms in total. The summed E-state index contributed by atoms with van der Waals surface area (Å²) in [4.78, 5) is 0. The average molecular weight is 230 g/mol. The van der Waals surface area contributed by atoms with Crippen molar-refractivity contribution in [3.8, 4) is 0 Å². The van der Waals surface area contributed by atoms with Crippen molar-refractivity contribution in [2.45, 2.75) is 25.3 Å². The zero-order chi connectivity index (χ0) is 8.55. The minimum atomic E-state index is 0.644. The van der Waals surface area contributed by atoms with Gasteiger partial charge in [0.05, 0.1) is 12.2 Å². The maximum atomic E-state index is 5.47. The average Bonchev–Trinajstić information content (AvgIpc) is 2.82. The van der Waals surface area contributed by atoms with Gasteiger partial charge in [0, 0.05) is 5.56 Å². The van der Waals surface area contributed by atoms with Gasteiger partial charge in [0.1, 0.15) is 4.60 Å². The normalized spacial score (nSPS) is 16.8. The van der Waals surface area contributed by atoms with Crippen LogP contribution in [0.15, 0.2) is 10.8 Å². The summed E-state index contributed by atoms with van der Waals surface area (Å²) in [7, 11) is 0. The lowest BCUT2D eigenvalue weighted by Gasteiger charge is -1.99. The molecule has 2 rings (SSSR count). The molecule has 4 heteroatoms. The second kappa shape index (κ2) is 3.18. The molecule has 1 aromatic heterocycles. The Balaban J connectivity index is 2.21. The second-order valence-electron chi connectivity index (χ2n) is 3.18. The summed E-state index contributed by atoms with van der Waals surface area (Å²) in [6.45, 7) is 0.689. The highest BCUT2D eigenvalue weighted by Gasteiger charge is 2.26. The van der Waals surface area contributed by atoms with Crippen molar-refractivity contribution in [3.05, 3.63) is 16.4 Å². The molecule has 2 N–H and O–H groups in total. The number of hydrogen-bond acceptors (Lipinski definition) is 2. The van der Waals surface area contributed by atoms with E-state index in [-0.39, 0.29) is 0 Å². The van der Waals surface area contributed by atoms with Crippen LogP contribution in [0.4, 0.5) is 0 Å². The van der Waals surface area contributed by atoms with Crippen LogP contribution < -0.4 is 5.73 Å². The van der Waals surface area contributed by atoms with Crippen LogP contribution in [-0.2, 0) is 6.42 Å². The summed E-state index contributed by atoms with van der Waals surface area (Å²) in [5.74, 6) is 0. The summed E-state index contributed by atoms with van der Waals surface area (Å²) >= 11 is 3.54. The molecule has 1 aliphatic rings. The number of halogens is 1. The molecule has 1 heterocycles. The third-order valence-electron chi connectivity index (χ3n) is 2.11. The first kappa shape index (κ1) is 8.26. The lowest BCUT2D eigenvalue weighted by molar-refractivity contribution is 0.626. The van der Waals surface area contributed by atoms with E-state index in [9.17, 15) is 0 Å². The van der Waals surface area contributed by atoms with E-state index in [0.717, 1.165) is 11.0 Å². The lowest BCUT2D eigenvalue weighted by Crippen LogP contribution is -2.03. The molecule has 0 spiro atoms. The Labute approximate surface area is 80.1 Å². The molecule has 0 saturated heterocycles. The van der Waals surface area contributed by atoms with E-state index in [1.807, 2.05) is 6.20 Å². The van der Waals surface area contributed by atoms with E-state index in [2.05, 4.69) is 25.7 Å². The first-order valence-electron chi connectivity index (χ1n) is 4.25. The molecule has 1 saturated carbocycles. The van der Waals surface area contributed by atoms with Crippen LogP contribution in [0.1, 0.15) is 24.4 Å². The first-order chi connectivity index (χ1) is 5.83. The van der Waals surface area contributed by atoms with Crippen molar-refractivity contribution in [1.82, 2.24) is 9.78 Å². The van der Waals surface area contributed by atoms with Gasteiger partial charge in [0.2, 0.25) is 0 Å². The second-order valence-corrected chi connectivity index (χ2v) is 3.93. The molecule has 0 bridgehead atoms. The molecule has 0 aromatic carbocycles. The van der Waals surface area contributed by atoms with Crippen molar-refractivity contribution in [3.63, 3.8) is 0 Å². The monoisotopic (exact) mass is 229 g/mol. The van der Waals surface area contributed by atoms with E-state index < -0.39 is 0 Å². The predicted molar refractivity (Wildman–Crippen MR) is 51.0 cm³/mol.